The minimum absolute atomic E-state index is 0.00445. The quantitative estimate of drug-likeness (QED) is 0.607. The van der Waals surface area contributed by atoms with Crippen molar-refractivity contribution in [1.29, 1.82) is 0 Å². The van der Waals surface area contributed by atoms with Crippen molar-refractivity contribution >= 4 is 34.0 Å². The van der Waals surface area contributed by atoms with Crippen LogP contribution in [-0.2, 0) is 0 Å². The molecule has 2 N–H and O–H groups in total. The van der Waals surface area contributed by atoms with Gasteiger partial charge in [-0.15, -0.1) is 0 Å². The molecule has 2 aromatic carbocycles. The van der Waals surface area contributed by atoms with E-state index < -0.39 is 0 Å². The zero-order chi connectivity index (χ0) is 21.3. The number of aryl methyl sites for hydroxylation is 1. The Morgan fingerprint density at radius 2 is 2.00 bits per heavy atom. The van der Waals surface area contributed by atoms with Gasteiger partial charge in [0.1, 0.15) is 5.82 Å². The Hall–Kier alpha value is -2.50. The largest absolute Gasteiger partial charge is 0.375 e. The van der Waals surface area contributed by atoms with Gasteiger partial charge < -0.3 is 20.1 Å². The first-order valence-corrected chi connectivity index (χ1v) is 10.9. The number of hydrogen-bond donors (Lipinski definition) is 2. The SMILES string of the molecule is C=C(N[C@@H](C)c1nc2cc(Cl)ccc2[nH]1)c1ccc(N2CCCN(C)CC2)c(C)c1. The van der Waals surface area contributed by atoms with Crippen molar-refractivity contribution in [3.63, 3.8) is 0 Å². The van der Waals surface area contributed by atoms with Crippen LogP contribution in [0.15, 0.2) is 43.0 Å². The van der Waals surface area contributed by atoms with Crippen LogP contribution in [0.5, 0.6) is 0 Å². The van der Waals surface area contributed by atoms with E-state index in [2.05, 4.69) is 70.8 Å². The molecule has 0 aliphatic carbocycles. The van der Waals surface area contributed by atoms with Crippen molar-refractivity contribution < 1.29 is 0 Å². The molecule has 3 aromatic rings. The zero-order valence-electron chi connectivity index (χ0n) is 18.0. The lowest BCUT2D eigenvalue weighted by Crippen LogP contribution is -2.29. The summed E-state index contributed by atoms with van der Waals surface area (Å²) in [7, 11) is 2.20. The lowest BCUT2D eigenvalue weighted by atomic mass is 10.1. The van der Waals surface area contributed by atoms with Gasteiger partial charge in [0.05, 0.1) is 17.1 Å². The third-order valence-corrected chi connectivity index (χ3v) is 6.10. The highest BCUT2D eigenvalue weighted by Crippen LogP contribution is 2.26. The van der Waals surface area contributed by atoms with Gasteiger partial charge in [-0.1, -0.05) is 24.2 Å². The Labute approximate surface area is 183 Å². The third kappa shape index (κ3) is 4.47. The first-order valence-electron chi connectivity index (χ1n) is 10.6. The van der Waals surface area contributed by atoms with E-state index >= 15 is 0 Å². The minimum Gasteiger partial charge on any atom is -0.375 e. The van der Waals surface area contributed by atoms with Crippen molar-refractivity contribution in [3.05, 3.63) is 65.0 Å². The smallest absolute Gasteiger partial charge is 0.129 e. The molecule has 0 spiro atoms. The Bertz CT molecular complexity index is 1060. The van der Waals surface area contributed by atoms with Crippen molar-refractivity contribution in [2.75, 3.05) is 38.1 Å². The normalized spacial score (nSPS) is 16.5. The molecule has 0 amide bonds. The number of imidazole rings is 1. The summed E-state index contributed by atoms with van der Waals surface area (Å²) >= 11 is 6.08. The molecule has 1 atom stereocenters. The van der Waals surface area contributed by atoms with Crippen LogP contribution in [0.1, 0.15) is 36.3 Å². The number of hydrogen-bond acceptors (Lipinski definition) is 4. The lowest BCUT2D eigenvalue weighted by molar-refractivity contribution is 0.360. The second-order valence-corrected chi connectivity index (χ2v) is 8.71. The van der Waals surface area contributed by atoms with Crippen molar-refractivity contribution in [1.82, 2.24) is 20.2 Å². The minimum atomic E-state index is 0.00445. The molecule has 1 aliphatic heterocycles. The molecule has 0 radical (unpaired) electrons. The second kappa shape index (κ2) is 8.70. The molecule has 0 saturated carbocycles. The molecule has 5 nitrogen and oxygen atoms in total. The van der Waals surface area contributed by atoms with Gasteiger partial charge in [-0.3, -0.25) is 0 Å². The van der Waals surface area contributed by atoms with Crippen LogP contribution >= 0.6 is 11.6 Å². The summed E-state index contributed by atoms with van der Waals surface area (Å²) < 4.78 is 0. The predicted molar refractivity (Wildman–Crippen MR) is 127 cm³/mol. The molecule has 1 aliphatic rings. The van der Waals surface area contributed by atoms with Crippen molar-refractivity contribution in [2.24, 2.45) is 0 Å². The summed E-state index contributed by atoms with van der Waals surface area (Å²) in [6.07, 6.45) is 1.20. The summed E-state index contributed by atoms with van der Waals surface area (Å²) in [5.41, 5.74) is 6.47. The van der Waals surface area contributed by atoms with E-state index in [9.17, 15) is 0 Å². The molecule has 1 saturated heterocycles. The zero-order valence-corrected chi connectivity index (χ0v) is 18.8. The van der Waals surface area contributed by atoms with E-state index in [1.54, 1.807) is 0 Å². The maximum Gasteiger partial charge on any atom is 0.129 e. The second-order valence-electron chi connectivity index (χ2n) is 8.27. The molecule has 0 unspecified atom stereocenters. The third-order valence-electron chi connectivity index (χ3n) is 5.87. The first-order chi connectivity index (χ1) is 14.4. The number of anilines is 1. The van der Waals surface area contributed by atoms with Crippen LogP contribution in [0.2, 0.25) is 5.02 Å². The molecular weight excluding hydrogens is 394 g/mol. The van der Waals surface area contributed by atoms with Gasteiger partial charge in [0, 0.05) is 36.0 Å². The number of likely N-dealkylation sites (N-methyl/N-ethyl adjacent to an activating group) is 1. The van der Waals surface area contributed by atoms with Gasteiger partial charge in [0.25, 0.3) is 0 Å². The molecular formula is C24H30ClN5. The van der Waals surface area contributed by atoms with Crippen molar-refractivity contribution in [2.45, 2.75) is 26.3 Å². The number of benzene rings is 2. The molecule has 1 fully saturated rings. The molecule has 2 heterocycles. The standard InChI is InChI=1S/C24H30ClN5/c1-16-14-19(6-9-23(16)30-11-5-10-29(4)12-13-30)17(2)26-18(3)24-27-21-8-7-20(25)15-22(21)28-24/h6-9,14-15,18,26H,2,5,10-13H2,1,3-4H3,(H,27,28)/t18-/m0/s1. The number of H-pyrrole nitrogens is 1. The molecule has 6 heteroatoms. The Morgan fingerprint density at radius 1 is 1.17 bits per heavy atom. The number of halogens is 1. The highest BCUT2D eigenvalue weighted by molar-refractivity contribution is 6.31. The average molecular weight is 424 g/mol. The van der Waals surface area contributed by atoms with Gasteiger partial charge in [-0.25, -0.2) is 4.98 Å². The van der Waals surface area contributed by atoms with E-state index in [1.165, 1.54) is 24.2 Å². The number of nitrogens with one attached hydrogen (secondary N) is 2. The Balaban J connectivity index is 1.46. The van der Waals surface area contributed by atoms with E-state index in [4.69, 9.17) is 11.6 Å². The molecule has 0 bridgehead atoms. The lowest BCUT2D eigenvalue weighted by Gasteiger charge is -2.25. The topological polar surface area (TPSA) is 47.2 Å². The Morgan fingerprint density at radius 3 is 2.80 bits per heavy atom. The maximum absolute atomic E-state index is 6.08. The van der Waals surface area contributed by atoms with Gasteiger partial charge in [-0.2, -0.15) is 0 Å². The van der Waals surface area contributed by atoms with Crippen LogP contribution in [0.25, 0.3) is 16.7 Å². The first kappa shape index (κ1) is 20.8. The summed E-state index contributed by atoms with van der Waals surface area (Å²) in [6, 6.07) is 12.3. The van der Waals surface area contributed by atoms with Gasteiger partial charge >= 0.3 is 0 Å². The van der Waals surface area contributed by atoms with Crippen LogP contribution in [0.3, 0.4) is 0 Å². The maximum atomic E-state index is 6.08. The van der Waals surface area contributed by atoms with E-state index in [1.807, 2.05) is 18.2 Å². The van der Waals surface area contributed by atoms with Gasteiger partial charge in [0.2, 0.25) is 0 Å². The fraction of sp³-hybridized carbons (Fsp3) is 0.375. The van der Waals surface area contributed by atoms with Crippen LogP contribution in [0.4, 0.5) is 5.69 Å². The summed E-state index contributed by atoms with van der Waals surface area (Å²) in [4.78, 5) is 12.9. The number of nitrogens with zero attached hydrogens (tertiary/aromatic N) is 3. The van der Waals surface area contributed by atoms with Gasteiger partial charge in [-0.05, 0) is 75.3 Å². The molecule has 30 heavy (non-hydrogen) atoms. The fourth-order valence-electron chi connectivity index (χ4n) is 4.10. The summed E-state index contributed by atoms with van der Waals surface area (Å²) in [5, 5.41) is 4.18. The number of aromatic nitrogens is 2. The van der Waals surface area contributed by atoms with Crippen LogP contribution in [0, 0.1) is 6.92 Å². The number of rotatable bonds is 5. The van der Waals surface area contributed by atoms with Crippen LogP contribution in [-0.4, -0.2) is 48.1 Å². The van der Waals surface area contributed by atoms with Crippen molar-refractivity contribution in [3.8, 4) is 0 Å². The molecule has 4 rings (SSSR count). The number of fused-ring (bicyclic) bond motifs is 1. The van der Waals surface area contributed by atoms with E-state index in [0.29, 0.717) is 5.02 Å². The van der Waals surface area contributed by atoms with Gasteiger partial charge in [0.15, 0.2) is 0 Å². The average Bonchev–Trinajstić information content (AvgIpc) is 3.02. The molecule has 1 aromatic heterocycles. The number of aromatic amines is 1. The van der Waals surface area contributed by atoms with E-state index in [-0.39, 0.29) is 6.04 Å². The fourth-order valence-corrected chi connectivity index (χ4v) is 4.27. The Kier molecular flexibility index (Phi) is 6.02. The predicted octanol–water partition coefficient (Wildman–Crippen LogP) is 4.99. The van der Waals surface area contributed by atoms with E-state index in [0.717, 1.165) is 47.8 Å². The van der Waals surface area contributed by atoms with Crippen LogP contribution < -0.4 is 10.2 Å². The highest BCUT2D eigenvalue weighted by Gasteiger charge is 2.16. The summed E-state index contributed by atoms with van der Waals surface area (Å²) in [6.45, 7) is 13.0. The monoisotopic (exact) mass is 423 g/mol. The molecule has 158 valence electrons. The summed E-state index contributed by atoms with van der Waals surface area (Å²) in [5.74, 6) is 0.871. The highest BCUT2D eigenvalue weighted by atomic mass is 35.5.